The highest BCUT2D eigenvalue weighted by atomic mass is 35.5. The van der Waals surface area contributed by atoms with Gasteiger partial charge in [0.2, 0.25) is 0 Å². The van der Waals surface area contributed by atoms with Crippen molar-refractivity contribution >= 4 is 46.8 Å². The Kier molecular flexibility index (Phi) is 7.67. The molecule has 0 bridgehead atoms. The van der Waals surface area contributed by atoms with E-state index >= 15 is 0 Å². The standard InChI is InChI=1S/C25H18Cl2N2O3/c1-32-25(31)16-7-10-22(11-8-16)29-24(30)20(15-28)13-19-14-21(26)9-6-17(19)12-18-4-2-3-5-23(18)27/h2-11,13-14H,12H2,1H3,(H,29,30)/b20-13+. The fourth-order valence-electron chi connectivity index (χ4n) is 3.02. The number of hydrogen-bond acceptors (Lipinski definition) is 4. The molecule has 0 saturated heterocycles. The van der Waals surface area contributed by atoms with Crippen LogP contribution in [0.2, 0.25) is 10.0 Å². The van der Waals surface area contributed by atoms with Crippen LogP contribution in [0.15, 0.2) is 72.3 Å². The second-order valence-corrected chi connectivity index (χ2v) is 7.65. The fourth-order valence-corrected chi connectivity index (χ4v) is 3.40. The van der Waals surface area contributed by atoms with E-state index in [0.29, 0.717) is 33.3 Å². The smallest absolute Gasteiger partial charge is 0.337 e. The summed E-state index contributed by atoms with van der Waals surface area (Å²) in [6.45, 7) is 0. The van der Waals surface area contributed by atoms with Crippen LogP contribution in [-0.2, 0) is 16.0 Å². The van der Waals surface area contributed by atoms with Crippen LogP contribution in [0.1, 0.15) is 27.0 Å². The average Bonchev–Trinajstić information content (AvgIpc) is 2.80. The Morgan fingerprint density at radius 3 is 2.41 bits per heavy atom. The zero-order chi connectivity index (χ0) is 23.1. The van der Waals surface area contributed by atoms with Crippen LogP contribution in [0, 0.1) is 11.3 Å². The van der Waals surface area contributed by atoms with Gasteiger partial charge in [-0.2, -0.15) is 5.26 Å². The number of nitrogens with zero attached hydrogens (tertiary/aromatic N) is 1. The van der Waals surface area contributed by atoms with Gasteiger partial charge in [-0.25, -0.2) is 4.79 Å². The summed E-state index contributed by atoms with van der Waals surface area (Å²) in [5.74, 6) is -1.06. The van der Waals surface area contributed by atoms with E-state index in [2.05, 4.69) is 10.1 Å². The molecule has 7 heteroatoms. The Balaban J connectivity index is 1.86. The second-order valence-electron chi connectivity index (χ2n) is 6.80. The first-order valence-corrected chi connectivity index (χ1v) is 10.3. The van der Waals surface area contributed by atoms with Crippen molar-refractivity contribution in [2.45, 2.75) is 6.42 Å². The molecule has 0 aliphatic rings. The lowest BCUT2D eigenvalue weighted by molar-refractivity contribution is -0.112. The van der Waals surface area contributed by atoms with Gasteiger partial charge < -0.3 is 10.1 Å². The number of nitrogens with one attached hydrogen (secondary N) is 1. The van der Waals surface area contributed by atoms with Crippen LogP contribution in [0.25, 0.3) is 6.08 Å². The highest BCUT2D eigenvalue weighted by Crippen LogP contribution is 2.25. The molecule has 32 heavy (non-hydrogen) atoms. The molecule has 0 spiro atoms. The van der Waals surface area contributed by atoms with E-state index in [9.17, 15) is 14.9 Å². The molecule has 0 atom stereocenters. The number of rotatable bonds is 6. The molecule has 0 aromatic heterocycles. The normalized spacial score (nSPS) is 10.9. The lowest BCUT2D eigenvalue weighted by Gasteiger charge is -2.10. The summed E-state index contributed by atoms with van der Waals surface area (Å²) in [4.78, 5) is 24.2. The van der Waals surface area contributed by atoms with Gasteiger partial charge >= 0.3 is 5.97 Å². The minimum Gasteiger partial charge on any atom is -0.465 e. The van der Waals surface area contributed by atoms with Gasteiger partial charge in [0.15, 0.2) is 0 Å². The lowest BCUT2D eigenvalue weighted by Crippen LogP contribution is -2.13. The topological polar surface area (TPSA) is 79.2 Å². The molecule has 0 fully saturated rings. The molecular weight excluding hydrogens is 447 g/mol. The number of methoxy groups -OCH3 is 1. The Morgan fingerprint density at radius 1 is 1.03 bits per heavy atom. The van der Waals surface area contributed by atoms with Gasteiger partial charge in [0, 0.05) is 15.7 Å². The Hall–Kier alpha value is -3.59. The number of benzene rings is 3. The van der Waals surface area contributed by atoms with Gasteiger partial charge in [-0.05, 0) is 71.7 Å². The maximum Gasteiger partial charge on any atom is 0.337 e. The van der Waals surface area contributed by atoms with E-state index in [0.717, 1.165) is 11.1 Å². The van der Waals surface area contributed by atoms with Crippen molar-refractivity contribution < 1.29 is 14.3 Å². The molecule has 0 unspecified atom stereocenters. The van der Waals surface area contributed by atoms with Crippen LogP contribution < -0.4 is 5.32 Å². The highest BCUT2D eigenvalue weighted by Gasteiger charge is 2.13. The summed E-state index contributed by atoms with van der Waals surface area (Å²) in [5, 5.41) is 13.4. The van der Waals surface area contributed by atoms with E-state index in [1.165, 1.54) is 25.3 Å². The molecule has 1 amide bonds. The van der Waals surface area contributed by atoms with Gasteiger partial charge in [0.05, 0.1) is 12.7 Å². The predicted molar refractivity (Wildman–Crippen MR) is 126 cm³/mol. The summed E-state index contributed by atoms with van der Waals surface area (Å²) >= 11 is 12.4. The molecule has 0 saturated carbocycles. The van der Waals surface area contributed by atoms with Crippen LogP contribution in [0.4, 0.5) is 5.69 Å². The molecule has 0 aliphatic heterocycles. The zero-order valence-corrected chi connectivity index (χ0v) is 18.6. The van der Waals surface area contributed by atoms with Crippen LogP contribution in [0.3, 0.4) is 0 Å². The molecule has 0 aliphatic carbocycles. The minimum atomic E-state index is -0.581. The molecule has 3 rings (SSSR count). The Labute approximate surface area is 195 Å². The number of nitriles is 1. The molecule has 0 heterocycles. The summed E-state index contributed by atoms with van der Waals surface area (Å²) in [7, 11) is 1.29. The molecule has 5 nitrogen and oxygen atoms in total. The van der Waals surface area contributed by atoms with Crippen molar-refractivity contribution in [1.82, 2.24) is 0 Å². The Morgan fingerprint density at radius 2 is 1.75 bits per heavy atom. The van der Waals surface area contributed by atoms with Gasteiger partial charge in [0.1, 0.15) is 11.6 Å². The number of hydrogen-bond donors (Lipinski definition) is 1. The van der Waals surface area contributed by atoms with Crippen molar-refractivity contribution in [2.75, 3.05) is 12.4 Å². The summed E-state index contributed by atoms with van der Waals surface area (Å²) in [6.07, 6.45) is 2.01. The number of halogens is 2. The van der Waals surface area contributed by atoms with Gasteiger partial charge in [0.25, 0.3) is 5.91 Å². The highest BCUT2D eigenvalue weighted by molar-refractivity contribution is 6.31. The molecule has 3 aromatic carbocycles. The molecular formula is C25H18Cl2N2O3. The number of amides is 1. The summed E-state index contributed by atoms with van der Waals surface area (Å²) < 4.78 is 4.65. The van der Waals surface area contributed by atoms with Crippen LogP contribution >= 0.6 is 23.2 Å². The number of esters is 1. The van der Waals surface area contributed by atoms with E-state index < -0.39 is 11.9 Å². The van der Waals surface area contributed by atoms with Crippen LogP contribution in [-0.4, -0.2) is 19.0 Å². The molecule has 0 radical (unpaired) electrons. The third-order valence-corrected chi connectivity index (χ3v) is 5.28. The third kappa shape index (κ3) is 5.76. The number of anilines is 1. The maximum absolute atomic E-state index is 12.7. The van der Waals surface area contributed by atoms with E-state index in [1.54, 1.807) is 24.3 Å². The van der Waals surface area contributed by atoms with Crippen molar-refractivity contribution in [3.05, 3.63) is 105 Å². The quantitative estimate of drug-likeness (QED) is 0.279. The third-order valence-electron chi connectivity index (χ3n) is 4.68. The van der Waals surface area contributed by atoms with Crippen molar-refractivity contribution in [3.63, 3.8) is 0 Å². The minimum absolute atomic E-state index is 0.0929. The lowest BCUT2D eigenvalue weighted by atomic mass is 9.98. The first kappa shape index (κ1) is 23.1. The van der Waals surface area contributed by atoms with Crippen molar-refractivity contribution in [3.8, 4) is 6.07 Å². The number of carbonyl (C=O) groups excluding carboxylic acids is 2. The van der Waals surface area contributed by atoms with Crippen LogP contribution in [0.5, 0.6) is 0 Å². The van der Waals surface area contributed by atoms with Gasteiger partial charge in [-0.3, -0.25) is 4.79 Å². The average molecular weight is 465 g/mol. The first-order chi connectivity index (χ1) is 15.4. The maximum atomic E-state index is 12.7. The van der Waals surface area contributed by atoms with Gasteiger partial charge in [-0.15, -0.1) is 0 Å². The first-order valence-electron chi connectivity index (χ1n) is 9.54. The van der Waals surface area contributed by atoms with Crippen molar-refractivity contribution in [2.24, 2.45) is 0 Å². The summed E-state index contributed by atoms with van der Waals surface area (Å²) in [6, 6.07) is 20.9. The SMILES string of the molecule is COC(=O)c1ccc(NC(=O)/C(C#N)=C/c2cc(Cl)ccc2Cc2ccccc2Cl)cc1. The number of ether oxygens (including phenoxy) is 1. The van der Waals surface area contributed by atoms with E-state index in [4.69, 9.17) is 23.2 Å². The van der Waals surface area contributed by atoms with Crippen molar-refractivity contribution in [1.29, 1.82) is 5.26 Å². The largest absolute Gasteiger partial charge is 0.465 e. The summed E-state index contributed by atoms with van der Waals surface area (Å²) in [5.41, 5.74) is 3.12. The zero-order valence-electron chi connectivity index (χ0n) is 17.1. The second kappa shape index (κ2) is 10.6. The fraction of sp³-hybridized carbons (Fsp3) is 0.0800. The predicted octanol–water partition coefficient (Wildman–Crippen LogP) is 5.92. The van der Waals surface area contributed by atoms with E-state index in [1.807, 2.05) is 36.4 Å². The Bertz CT molecular complexity index is 1230. The molecule has 3 aromatic rings. The monoisotopic (exact) mass is 464 g/mol. The molecule has 1 N–H and O–H groups in total. The number of carbonyl (C=O) groups is 2. The van der Waals surface area contributed by atoms with E-state index in [-0.39, 0.29) is 5.57 Å². The molecule has 160 valence electrons. The van der Waals surface area contributed by atoms with Gasteiger partial charge in [-0.1, -0.05) is 47.5 Å².